The number of nitrogens with two attached hydrogens (primary N) is 1. The topological polar surface area (TPSA) is 80.3 Å². The van der Waals surface area contributed by atoms with Crippen molar-refractivity contribution in [2.75, 3.05) is 26.3 Å². The number of hydrogen-bond acceptors (Lipinski definition) is 4. The maximum absolute atomic E-state index is 14.4. The van der Waals surface area contributed by atoms with E-state index >= 15 is 0 Å². The number of carbonyl (C=O) groups is 1. The Morgan fingerprint density at radius 2 is 1.83 bits per heavy atom. The van der Waals surface area contributed by atoms with Crippen molar-refractivity contribution in [1.29, 1.82) is 0 Å². The van der Waals surface area contributed by atoms with Crippen LogP contribution < -0.4 is 5.73 Å². The summed E-state index contributed by atoms with van der Waals surface area (Å²) in [5.74, 6) is -0.251. The first-order chi connectivity index (χ1) is 13.8. The fraction of sp³-hybridized carbons (Fsp3) is 0.409. The molecule has 29 heavy (non-hydrogen) atoms. The number of ether oxygens (including phenoxy) is 1. The van der Waals surface area contributed by atoms with Crippen LogP contribution in [0.4, 0.5) is 10.1 Å². The smallest absolute Gasteiger partial charge is 0.220 e. The lowest BCUT2D eigenvalue weighted by Gasteiger charge is -2.26. The van der Waals surface area contributed by atoms with Gasteiger partial charge in [-0.1, -0.05) is 18.2 Å². The zero-order chi connectivity index (χ0) is 21.4. The van der Waals surface area contributed by atoms with Crippen molar-refractivity contribution in [1.82, 2.24) is 4.90 Å². The van der Waals surface area contributed by atoms with E-state index in [1.165, 1.54) is 13.0 Å². The Labute approximate surface area is 171 Å². The van der Waals surface area contributed by atoms with Gasteiger partial charge >= 0.3 is 0 Å². The first-order valence-corrected chi connectivity index (χ1v) is 9.60. The third-order valence-corrected chi connectivity index (χ3v) is 4.77. The zero-order valence-electron chi connectivity index (χ0n) is 17.5. The van der Waals surface area contributed by atoms with Gasteiger partial charge in [0.2, 0.25) is 5.96 Å². The van der Waals surface area contributed by atoms with E-state index in [0.717, 1.165) is 18.7 Å². The maximum Gasteiger partial charge on any atom is 0.220 e. The predicted molar refractivity (Wildman–Crippen MR) is 115 cm³/mol. The number of morpholine rings is 1. The van der Waals surface area contributed by atoms with Gasteiger partial charge in [-0.05, 0) is 51.0 Å². The van der Waals surface area contributed by atoms with Gasteiger partial charge in [0.1, 0.15) is 5.82 Å². The molecule has 1 fully saturated rings. The second-order valence-electron chi connectivity index (χ2n) is 7.09. The number of carbonyl (C=O) groups excluding carboxylic acids is 1. The van der Waals surface area contributed by atoms with Gasteiger partial charge in [0.05, 0.1) is 18.9 Å². The summed E-state index contributed by atoms with van der Waals surface area (Å²) in [4.78, 5) is 21.9. The van der Waals surface area contributed by atoms with Gasteiger partial charge in [-0.2, -0.15) is 0 Å². The minimum atomic E-state index is -0.313. The van der Waals surface area contributed by atoms with Crippen LogP contribution in [0.5, 0.6) is 0 Å². The highest BCUT2D eigenvalue weighted by Crippen LogP contribution is 2.19. The summed E-state index contributed by atoms with van der Waals surface area (Å²) >= 11 is 0. The lowest BCUT2D eigenvalue weighted by molar-refractivity contribution is -0.113. The summed E-state index contributed by atoms with van der Waals surface area (Å²) in [6, 6.07) is 4.83. The largest absolute Gasteiger partial charge is 0.379 e. The summed E-state index contributed by atoms with van der Waals surface area (Å²) in [6.07, 6.45) is 3.55. The molecule has 0 atom stereocenters. The Hall–Kier alpha value is -2.64. The van der Waals surface area contributed by atoms with Crippen LogP contribution in [0.3, 0.4) is 0 Å². The average molecular weight is 400 g/mol. The summed E-state index contributed by atoms with van der Waals surface area (Å²) in [5, 5.41) is 0. The Morgan fingerprint density at radius 3 is 2.45 bits per heavy atom. The summed E-state index contributed by atoms with van der Waals surface area (Å²) in [7, 11) is 0. The number of hydrogen-bond donors (Lipinski definition) is 1. The third kappa shape index (κ3) is 7.36. The van der Waals surface area contributed by atoms with Crippen LogP contribution in [0.25, 0.3) is 0 Å². The van der Waals surface area contributed by atoms with Gasteiger partial charge in [0.25, 0.3) is 0 Å². The molecule has 0 unspecified atom stereocenters. The van der Waals surface area contributed by atoms with Gasteiger partial charge in [-0.15, -0.1) is 0 Å². The number of nitrogens with zero attached hydrogens (tertiary/aromatic N) is 3. The van der Waals surface area contributed by atoms with E-state index < -0.39 is 0 Å². The van der Waals surface area contributed by atoms with E-state index in [0.29, 0.717) is 42.3 Å². The summed E-state index contributed by atoms with van der Waals surface area (Å²) in [6.45, 7) is 10.4. The van der Waals surface area contributed by atoms with E-state index in [-0.39, 0.29) is 17.6 Å². The molecular formula is C22H29FN4O2. The number of guanidine groups is 1. The first-order valence-electron chi connectivity index (χ1n) is 9.60. The van der Waals surface area contributed by atoms with Crippen molar-refractivity contribution in [3.8, 4) is 0 Å². The van der Waals surface area contributed by atoms with E-state index in [1.807, 2.05) is 13.0 Å². The molecule has 1 aliphatic heterocycles. The number of benzene rings is 1. The van der Waals surface area contributed by atoms with Crippen LogP contribution in [0.2, 0.25) is 0 Å². The maximum atomic E-state index is 14.4. The van der Waals surface area contributed by atoms with Gasteiger partial charge in [0.15, 0.2) is 5.78 Å². The van der Waals surface area contributed by atoms with Gasteiger partial charge < -0.3 is 10.5 Å². The van der Waals surface area contributed by atoms with E-state index in [9.17, 15) is 9.18 Å². The summed E-state index contributed by atoms with van der Waals surface area (Å²) in [5.41, 5.74) is 9.13. The molecule has 2 N–H and O–H groups in total. The third-order valence-electron chi connectivity index (χ3n) is 4.77. The molecule has 2 rings (SSSR count). The number of ketones is 1. The molecule has 0 radical (unpaired) electrons. The van der Waals surface area contributed by atoms with Gasteiger partial charge in [-0.3, -0.25) is 9.69 Å². The fourth-order valence-corrected chi connectivity index (χ4v) is 2.64. The highest BCUT2D eigenvalue weighted by atomic mass is 19.1. The second kappa shape index (κ2) is 10.8. The molecule has 0 aromatic heterocycles. The van der Waals surface area contributed by atoms with Gasteiger partial charge in [0, 0.05) is 30.9 Å². The van der Waals surface area contributed by atoms with Crippen molar-refractivity contribution in [2.45, 2.75) is 34.2 Å². The van der Waals surface area contributed by atoms with E-state index in [2.05, 4.69) is 14.9 Å². The second-order valence-corrected chi connectivity index (χ2v) is 7.09. The SMILES string of the molecule is CC(=O)/C(C)=C/C=C(C)/C(C)=N/C(N)=Nc1ccc(CN2CCOCC2)c(F)c1. The average Bonchev–Trinajstić information content (AvgIpc) is 2.68. The molecule has 6 nitrogen and oxygen atoms in total. The predicted octanol–water partition coefficient (Wildman–Crippen LogP) is 3.55. The molecule has 0 aliphatic carbocycles. The number of rotatable bonds is 6. The van der Waals surface area contributed by atoms with Crippen molar-refractivity contribution in [3.63, 3.8) is 0 Å². The molecule has 0 spiro atoms. The highest BCUT2D eigenvalue weighted by Gasteiger charge is 2.13. The van der Waals surface area contributed by atoms with Crippen molar-refractivity contribution < 1.29 is 13.9 Å². The Bertz CT molecular complexity index is 866. The van der Waals surface area contributed by atoms with Gasteiger partial charge in [-0.25, -0.2) is 14.4 Å². The van der Waals surface area contributed by atoms with Crippen LogP contribution in [0.1, 0.15) is 33.3 Å². The molecule has 1 aromatic carbocycles. The van der Waals surface area contributed by atoms with E-state index in [1.54, 1.807) is 32.1 Å². The van der Waals surface area contributed by atoms with Crippen LogP contribution in [0, 0.1) is 5.82 Å². The first kappa shape index (κ1) is 22.6. The molecule has 1 aliphatic rings. The lowest BCUT2D eigenvalue weighted by Crippen LogP contribution is -2.35. The van der Waals surface area contributed by atoms with Crippen molar-refractivity contribution in [3.05, 3.63) is 52.9 Å². The number of allylic oxidation sites excluding steroid dienone is 4. The van der Waals surface area contributed by atoms with Crippen LogP contribution in [0.15, 0.2) is 51.5 Å². The molecule has 156 valence electrons. The van der Waals surface area contributed by atoms with Crippen LogP contribution in [-0.4, -0.2) is 48.7 Å². The summed E-state index contributed by atoms with van der Waals surface area (Å²) < 4.78 is 19.8. The lowest BCUT2D eigenvalue weighted by atomic mass is 10.1. The monoisotopic (exact) mass is 400 g/mol. The van der Waals surface area contributed by atoms with E-state index in [4.69, 9.17) is 10.5 Å². The highest BCUT2D eigenvalue weighted by molar-refractivity contribution is 6.05. The number of aliphatic imine (C=N–C) groups is 2. The molecule has 7 heteroatoms. The van der Waals surface area contributed by atoms with Crippen molar-refractivity contribution in [2.24, 2.45) is 15.7 Å². The number of Topliss-reactive ketones (excluding diaryl/α,β-unsaturated/α-hetero) is 1. The van der Waals surface area contributed by atoms with Crippen LogP contribution >= 0.6 is 0 Å². The molecule has 0 bridgehead atoms. The Morgan fingerprint density at radius 1 is 1.17 bits per heavy atom. The molecule has 1 saturated heterocycles. The Kier molecular flexibility index (Phi) is 8.42. The molecule has 1 heterocycles. The standard InChI is InChI=1S/C22H29FN4O2/c1-15(5-6-16(2)18(4)28)17(3)25-22(24)26-20-8-7-19(21(23)13-20)14-27-9-11-29-12-10-27/h5-8,13H,9-12,14H2,1-4H3,(H2,24,26)/b15-5+,16-6+,25-17+. The van der Waals surface area contributed by atoms with Crippen LogP contribution in [-0.2, 0) is 16.1 Å². The van der Waals surface area contributed by atoms with Crippen molar-refractivity contribution >= 4 is 23.1 Å². The Balaban J connectivity index is 2.09. The normalized spacial score (nSPS) is 17.6. The zero-order valence-corrected chi connectivity index (χ0v) is 17.5. The molecule has 0 amide bonds. The minimum Gasteiger partial charge on any atom is -0.379 e. The molecule has 1 aromatic rings. The molecular weight excluding hydrogens is 371 g/mol. The number of halogens is 1. The minimum absolute atomic E-state index is 0.0174. The molecule has 0 saturated carbocycles. The quantitative estimate of drug-likeness (QED) is 0.343. The fourth-order valence-electron chi connectivity index (χ4n) is 2.64.